The maximum atomic E-state index is 9.82. The fraction of sp³-hybridized carbons (Fsp3) is 0.400. The minimum atomic E-state index is -0.511. The Morgan fingerprint density at radius 3 is 2.93 bits per heavy atom. The minimum absolute atomic E-state index is 0.0974. The Kier molecular flexibility index (Phi) is 2.75. The van der Waals surface area contributed by atoms with E-state index < -0.39 is 6.10 Å². The molecule has 1 aliphatic rings. The topological polar surface area (TPSA) is 58.9 Å². The third kappa shape index (κ3) is 1.89. The second-order valence-corrected chi connectivity index (χ2v) is 4.28. The lowest BCUT2D eigenvalue weighted by molar-refractivity contribution is 0.173. The highest BCUT2D eigenvalue weighted by molar-refractivity contribution is 9.10. The molecule has 0 bridgehead atoms. The zero-order valence-corrected chi connectivity index (χ0v) is 9.74. The van der Waals surface area contributed by atoms with Gasteiger partial charge in [-0.25, -0.2) is 0 Å². The van der Waals surface area contributed by atoms with Crippen LogP contribution >= 0.6 is 15.9 Å². The average Bonchev–Trinajstić information content (AvgIpc) is 2.61. The van der Waals surface area contributed by atoms with Crippen LogP contribution in [0.2, 0.25) is 0 Å². The summed E-state index contributed by atoms with van der Waals surface area (Å²) in [5.41, 5.74) is 0.640. The molecule has 0 saturated carbocycles. The first-order chi connectivity index (χ1) is 7.09. The average molecular weight is 275 g/mol. The summed E-state index contributed by atoms with van der Waals surface area (Å²) in [6.45, 7) is 1.82. The molecule has 2 N–H and O–H groups in total. The van der Waals surface area contributed by atoms with Crippen molar-refractivity contribution in [2.45, 2.75) is 19.4 Å². The van der Waals surface area contributed by atoms with Gasteiger partial charge >= 0.3 is 0 Å². The molecule has 1 unspecified atom stereocenters. The molecule has 0 aliphatic carbocycles. The molecular formula is C10H11BrO4. The normalized spacial score (nSPS) is 15.4. The molecule has 1 aromatic carbocycles. The third-order valence-corrected chi connectivity index (χ3v) is 2.91. The molecule has 0 amide bonds. The van der Waals surface area contributed by atoms with Crippen molar-refractivity contribution in [1.29, 1.82) is 0 Å². The number of hydrogen-bond acceptors (Lipinski definition) is 4. The Labute approximate surface area is 95.6 Å². The highest BCUT2D eigenvalue weighted by Gasteiger charge is 2.23. The lowest BCUT2D eigenvalue weighted by Crippen LogP contribution is -2.04. The SMILES string of the molecule is CC(O)Cc1cc2c(c(Br)c1O)OCO2. The highest BCUT2D eigenvalue weighted by atomic mass is 79.9. The van der Waals surface area contributed by atoms with Crippen molar-refractivity contribution >= 4 is 15.9 Å². The molecule has 0 radical (unpaired) electrons. The van der Waals surface area contributed by atoms with Gasteiger partial charge in [-0.15, -0.1) is 0 Å². The highest BCUT2D eigenvalue weighted by Crippen LogP contribution is 2.46. The molecular weight excluding hydrogens is 264 g/mol. The van der Waals surface area contributed by atoms with Crippen LogP contribution < -0.4 is 9.47 Å². The van der Waals surface area contributed by atoms with Gasteiger partial charge in [0.15, 0.2) is 11.5 Å². The number of halogens is 1. The van der Waals surface area contributed by atoms with Gasteiger partial charge in [-0.05, 0) is 28.9 Å². The zero-order valence-electron chi connectivity index (χ0n) is 8.16. The number of phenols is 1. The van der Waals surface area contributed by atoms with E-state index in [1.165, 1.54) is 0 Å². The molecule has 0 spiro atoms. The van der Waals surface area contributed by atoms with Gasteiger partial charge in [-0.2, -0.15) is 0 Å². The van der Waals surface area contributed by atoms with Gasteiger partial charge in [-0.3, -0.25) is 0 Å². The Morgan fingerprint density at radius 1 is 1.53 bits per heavy atom. The van der Waals surface area contributed by atoms with Gasteiger partial charge in [0, 0.05) is 12.0 Å². The van der Waals surface area contributed by atoms with Gasteiger partial charge in [0.1, 0.15) is 10.2 Å². The Morgan fingerprint density at radius 2 is 2.27 bits per heavy atom. The summed E-state index contributed by atoms with van der Waals surface area (Å²) in [6.07, 6.45) is -0.135. The molecule has 0 saturated heterocycles. The van der Waals surface area contributed by atoms with Gasteiger partial charge in [0.25, 0.3) is 0 Å². The summed E-state index contributed by atoms with van der Waals surface area (Å²) in [7, 11) is 0. The second kappa shape index (κ2) is 3.90. The molecule has 0 fully saturated rings. The predicted molar refractivity (Wildman–Crippen MR) is 57.3 cm³/mol. The summed E-state index contributed by atoms with van der Waals surface area (Å²) >= 11 is 3.24. The molecule has 82 valence electrons. The number of hydrogen-bond donors (Lipinski definition) is 2. The smallest absolute Gasteiger partial charge is 0.231 e. The Balaban J connectivity index is 2.44. The summed E-state index contributed by atoms with van der Waals surface area (Å²) < 4.78 is 10.9. The molecule has 15 heavy (non-hydrogen) atoms. The van der Waals surface area contributed by atoms with Crippen LogP contribution in [-0.2, 0) is 6.42 Å². The fourth-order valence-electron chi connectivity index (χ4n) is 1.52. The number of rotatable bonds is 2. The van der Waals surface area contributed by atoms with Gasteiger partial charge < -0.3 is 19.7 Å². The van der Waals surface area contributed by atoms with E-state index in [9.17, 15) is 10.2 Å². The van der Waals surface area contributed by atoms with Crippen LogP contribution in [-0.4, -0.2) is 23.1 Å². The number of aromatic hydroxyl groups is 1. The van der Waals surface area contributed by atoms with Crippen LogP contribution in [0, 0.1) is 0 Å². The number of ether oxygens (including phenoxy) is 2. The largest absolute Gasteiger partial charge is 0.506 e. The molecule has 5 heteroatoms. The van der Waals surface area contributed by atoms with Crippen molar-refractivity contribution in [2.75, 3.05) is 6.79 Å². The van der Waals surface area contributed by atoms with Crippen LogP contribution in [0.4, 0.5) is 0 Å². The van der Waals surface area contributed by atoms with E-state index in [-0.39, 0.29) is 12.5 Å². The quantitative estimate of drug-likeness (QED) is 0.864. The van der Waals surface area contributed by atoms with E-state index in [0.29, 0.717) is 28.0 Å². The van der Waals surface area contributed by atoms with Crippen LogP contribution in [0.1, 0.15) is 12.5 Å². The summed E-state index contributed by atoms with van der Waals surface area (Å²) in [5, 5.41) is 19.1. The van der Waals surface area contributed by atoms with E-state index >= 15 is 0 Å². The van der Waals surface area contributed by atoms with E-state index in [2.05, 4.69) is 15.9 Å². The lowest BCUT2D eigenvalue weighted by atomic mass is 10.1. The van der Waals surface area contributed by atoms with E-state index in [4.69, 9.17) is 9.47 Å². The fourth-order valence-corrected chi connectivity index (χ4v) is 2.08. The second-order valence-electron chi connectivity index (χ2n) is 3.49. The number of aliphatic hydroxyl groups excluding tert-OH is 1. The monoisotopic (exact) mass is 274 g/mol. The Bertz CT molecular complexity index is 389. The predicted octanol–water partition coefficient (Wildman–Crippen LogP) is 1.81. The van der Waals surface area contributed by atoms with Crippen LogP contribution in [0.5, 0.6) is 17.2 Å². The van der Waals surface area contributed by atoms with Crippen molar-refractivity contribution in [1.82, 2.24) is 0 Å². The first kappa shape index (κ1) is 10.6. The molecule has 1 heterocycles. The van der Waals surface area contributed by atoms with Crippen molar-refractivity contribution in [2.24, 2.45) is 0 Å². The van der Waals surface area contributed by atoms with Gasteiger partial charge in [0.05, 0.1) is 6.10 Å². The number of benzene rings is 1. The maximum Gasteiger partial charge on any atom is 0.231 e. The van der Waals surface area contributed by atoms with Gasteiger partial charge in [0.2, 0.25) is 6.79 Å². The minimum Gasteiger partial charge on any atom is -0.506 e. The summed E-state index contributed by atoms with van der Waals surface area (Å²) in [4.78, 5) is 0. The first-order valence-corrected chi connectivity index (χ1v) is 5.37. The van der Waals surface area contributed by atoms with E-state index in [1.54, 1.807) is 13.0 Å². The molecule has 0 aromatic heterocycles. The molecule has 4 nitrogen and oxygen atoms in total. The lowest BCUT2D eigenvalue weighted by Gasteiger charge is -2.10. The zero-order chi connectivity index (χ0) is 11.0. The van der Waals surface area contributed by atoms with Crippen molar-refractivity contribution in [3.63, 3.8) is 0 Å². The van der Waals surface area contributed by atoms with Crippen LogP contribution in [0.3, 0.4) is 0 Å². The van der Waals surface area contributed by atoms with Crippen LogP contribution in [0.15, 0.2) is 10.5 Å². The summed E-state index contributed by atoms with van der Waals surface area (Å²) in [6, 6.07) is 1.69. The maximum absolute atomic E-state index is 9.82. The summed E-state index contributed by atoms with van der Waals surface area (Å²) in [5.74, 6) is 1.21. The van der Waals surface area contributed by atoms with Crippen molar-refractivity contribution in [3.05, 3.63) is 16.1 Å². The first-order valence-electron chi connectivity index (χ1n) is 4.57. The molecule has 1 aromatic rings. The van der Waals surface area contributed by atoms with Crippen molar-refractivity contribution < 1.29 is 19.7 Å². The molecule has 1 atom stereocenters. The molecule has 1 aliphatic heterocycles. The van der Waals surface area contributed by atoms with E-state index in [1.807, 2.05) is 0 Å². The third-order valence-electron chi connectivity index (χ3n) is 2.17. The number of phenolic OH excluding ortho intramolecular Hbond substituents is 1. The van der Waals surface area contributed by atoms with Crippen LogP contribution in [0.25, 0.3) is 0 Å². The number of aliphatic hydroxyl groups is 1. The van der Waals surface area contributed by atoms with Crippen molar-refractivity contribution in [3.8, 4) is 17.2 Å². The Hall–Kier alpha value is -0.940. The van der Waals surface area contributed by atoms with E-state index in [0.717, 1.165) is 0 Å². The molecule has 2 rings (SSSR count). The van der Waals surface area contributed by atoms with Gasteiger partial charge in [-0.1, -0.05) is 0 Å². The number of fused-ring (bicyclic) bond motifs is 1. The standard InChI is InChI=1S/C10H11BrO4/c1-5(12)2-6-3-7-10(15-4-14-7)8(11)9(6)13/h3,5,12-13H,2,4H2,1H3.